The highest BCUT2D eigenvalue weighted by molar-refractivity contribution is 6.23. The largest absolute Gasteiger partial charge is 0.309 e. The number of para-hydroxylation sites is 2. The number of benzene rings is 9. The maximum Gasteiger partial charge on any atom is 0.0991 e. The van der Waals surface area contributed by atoms with E-state index in [4.69, 9.17) is 0 Å². The highest BCUT2D eigenvalue weighted by atomic mass is 15.0. The Labute approximate surface area is 391 Å². The van der Waals surface area contributed by atoms with Crippen LogP contribution in [0.25, 0.3) is 121 Å². The van der Waals surface area contributed by atoms with Crippen LogP contribution in [0.1, 0.15) is 11.1 Å². The van der Waals surface area contributed by atoms with E-state index >= 15 is 0 Å². The van der Waals surface area contributed by atoms with Gasteiger partial charge in [-0.1, -0.05) is 84.9 Å². The van der Waals surface area contributed by atoms with Gasteiger partial charge in [-0.25, -0.2) is 0 Å². The maximum atomic E-state index is 9.95. The maximum absolute atomic E-state index is 9.95. The topological polar surface area (TPSA) is 83.2 Å². The Balaban J connectivity index is 1.05. The Bertz CT molecular complexity index is 3970. The third-order valence-electron chi connectivity index (χ3n) is 13.5. The van der Waals surface area contributed by atoms with Gasteiger partial charge in [-0.2, -0.15) is 10.5 Å². The molecule has 0 aliphatic rings. The Kier molecular flexibility index (Phi) is 8.86. The quantitative estimate of drug-likeness (QED) is 0.156. The lowest BCUT2D eigenvalue weighted by Gasteiger charge is -2.19. The lowest BCUT2D eigenvalue weighted by Crippen LogP contribution is -1.94. The first-order valence-electron chi connectivity index (χ1n) is 22.6. The summed E-state index contributed by atoms with van der Waals surface area (Å²) in [6.45, 7) is 0. The lowest BCUT2D eigenvalue weighted by molar-refractivity contribution is 1.18. The van der Waals surface area contributed by atoms with Gasteiger partial charge in [0, 0.05) is 68.8 Å². The van der Waals surface area contributed by atoms with E-state index in [1.54, 1.807) is 0 Å². The Morgan fingerprint density at radius 1 is 0.309 bits per heavy atom. The van der Waals surface area contributed by atoms with Crippen molar-refractivity contribution < 1.29 is 0 Å². The molecule has 0 unspecified atom stereocenters. The second-order valence-electron chi connectivity index (χ2n) is 17.2. The van der Waals surface area contributed by atoms with Crippen LogP contribution in [0.5, 0.6) is 0 Å². The average Bonchev–Trinajstić information content (AvgIpc) is 3.92. The molecule has 6 heteroatoms. The fraction of sp³-hybridized carbons (Fsp3) is 0. The molecule has 0 aliphatic heterocycles. The van der Waals surface area contributed by atoms with E-state index in [0.717, 1.165) is 121 Å². The SMILES string of the molecule is N#Cc1ccc2c(c1)c1cc(-c3ccc4c(-c5cccnc5)c5cc(-c6ccc7c(c6)c6cc(C#N)ccc6n7-c6ccccc6)ccc5c(-c5cccnc5)c4c3)ccc1n2-c1ccccc1. The molecule has 13 aromatic rings. The predicted octanol–water partition coefficient (Wildman–Crippen LogP) is 15.4. The third-order valence-corrected chi connectivity index (χ3v) is 13.5. The van der Waals surface area contributed by atoms with Crippen molar-refractivity contribution in [2.24, 2.45) is 0 Å². The van der Waals surface area contributed by atoms with E-state index in [1.165, 1.54) is 0 Å². The highest BCUT2D eigenvalue weighted by Gasteiger charge is 2.21. The fourth-order valence-electron chi connectivity index (χ4n) is 10.5. The second-order valence-corrected chi connectivity index (χ2v) is 17.2. The number of rotatable bonds is 6. The van der Waals surface area contributed by atoms with Crippen LogP contribution in [0.2, 0.25) is 0 Å². The summed E-state index contributed by atoms with van der Waals surface area (Å²) in [7, 11) is 0. The van der Waals surface area contributed by atoms with Crippen molar-refractivity contribution in [2.45, 2.75) is 0 Å². The summed E-state index contributed by atoms with van der Waals surface area (Å²) in [5.41, 5.74) is 16.3. The number of nitriles is 2. The number of aromatic nitrogens is 4. The molecule has 0 atom stereocenters. The normalized spacial score (nSPS) is 11.5. The van der Waals surface area contributed by atoms with Crippen molar-refractivity contribution >= 4 is 65.2 Å². The van der Waals surface area contributed by atoms with Gasteiger partial charge < -0.3 is 9.13 Å². The molecule has 0 bridgehead atoms. The third kappa shape index (κ3) is 6.10. The molecule has 0 N–H and O–H groups in total. The van der Waals surface area contributed by atoms with Crippen LogP contribution in [0, 0.1) is 22.7 Å². The van der Waals surface area contributed by atoms with Crippen LogP contribution in [0.15, 0.2) is 219 Å². The van der Waals surface area contributed by atoms with Gasteiger partial charge in [-0.05, 0) is 164 Å². The Morgan fingerprint density at radius 2 is 0.676 bits per heavy atom. The van der Waals surface area contributed by atoms with Crippen LogP contribution < -0.4 is 0 Å². The highest BCUT2D eigenvalue weighted by Crippen LogP contribution is 2.47. The van der Waals surface area contributed by atoms with Crippen molar-refractivity contribution in [1.29, 1.82) is 10.5 Å². The molecule has 0 fully saturated rings. The van der Waals surface area contributed by atoms with Gasteiger partial charge in [-0.15, -0.1) is 0 Å². The van der Waals surface area contributed by atoms with E-state index in [0.29, 0.717) is 11.1 Å². The molecule has 6 nitrogen and oxygen atoms in total. The summed E-state index contributed by atoms with van der Waals surface area (Å²) >= 11 is 0. The van der Waals surface area contributed by atoms with Crippen molar-refractivity contribution in [3.63, 3.8) is 0 Å². The van der Waals surface area contributed by atoms with Crippen molar-refractivity contribution in [2.75, 3.05) is 0 Å². The zero-order valence-corrected chi connectivity index (χ0v) is 36.5. The standard InChI is InChI=1S/C62H36N6/c63-35-39-15-23-57-51(29-39)53-31-43(19-25-59(53)67(57)47-11-3-1-4-12-47)41-17-21-49-55(33-41)61(45-9-7-27-65-37-45)50-22-18-42(34-56(50)62(49)46-10-8-28-66-38-46)44-20-26-60-54(32-44)52-30-40(36-64)16-24-58(52)68(60)48-13-5-2-6-14-48/h1-34,37-38H. The first kappa shape index (κ1) is 38.8. The van der Waals surface area contributed by atoms with Gasteiger partial charge in [0.2, 0.25) is 0 Å². The lowest BCUT2D eigenvalue weighted by atomic mass is 9.84. The number of pyridine rings is 2. The van der Waals surface area contributed by atoms with Crippen LogP contribution >= 0.6 is 0 Å². The van der Waals surface area contributed by atoms with Gasteiger partial charge in [0.25, 0.3) is 0 Å². The Hall–Kier alpha value is -9.62. The summed E-state index contributed by atoms with van der Waals surface area (Å²) in [4.78, 5) is 9.28. The Morgan fingerprint density at radius 3 is 1.06 bits per heavy atom. The van der Waals surface area contributed by atoms with Crippen molar-refractivity contribution in [1.82, 2.24) is 19.1 Å². The number of hydrogen-bond donors (Lipinski definition) is 0. The van der Waals surface area contributed by atoms with Crippen LogP contribution in [-0.4, -0.2) is 19.1 Å². The zero-order valence-electron chi connectivity index (χ0n) is 36.5. The van der Waals surface area contributed by atoms with Gasteiger partial charge in [0.15, 0.2) is 0 Å². The van der Waals surface area contributed by atoms with Crippen molar-refractivity contribution in [3.05, 3.63) is 230 Å². The molecule has 0 saturated carbocycles. The summed E-state index contributed by atoms with van der Waals surface area (Å²) in [6, 6.07) is 72.8. The van der Waals surface area contributed by atoms with Crippen LogP contribution in [-0.2, 0) is 0 Å². The predicted molar refractivity (Wildman–Crippen MR) is 277 cm³/mol. The molecule has 68 heavy (non-hydrogen) atoms. The molecule has 9 aromatic carbocycles. The smallest absolute Gasteiger partial charge is 0.0991 e. The summed E-state index contributed by atoms with van der Waals surface area (Å²) in [6.07, 6.45) is 7.57. The summed E-state index contributed by atoms with van der Waals surface area (Å²) in [5, 5.41) is 28.6. The average molecular weight is 865 g/mol. The molecular weight excluding hydrogens is 829 g/mol. The number of fused-ring (bicyclic) bond motifs is 8. The molecule has 4 heterocycles. The van der Waals surface area contributed by atoms with Crippen molar-refractivity contribution in [3.8, 4) is 68.0 Å². The number of nitrogens with zero attached hydrogens (tertiary/aromatic N) is 6. The van der Waals surface area contributed by atoms with E-state index in [9.17, 15) is 10.5 Å². The monoisotopic (exact) mass is 864 g/mol. The van der Waals surface area contributed by atoms with E-state index in [-0.39, 0.29) is 0 Å². The van der Waals surface area contributed by atoms with Gasteiger partial charge in [-0.3, -0.25) is 9.97 Å². The minimum atomic E-state index is 0.630. The van der Waals surface area contributed by atoms with Gasteiger partial charge >= 0.3 is 0 Å². The molecule has 0 radical (unpaired) electrons. The minimum Gasteiger partial charge on any atom is -0.309 e. The number of hydrogen-bond acceptors (Lipinski definition) is 4. The van der Waals surface area contributed by atoms with Gasteiger partial charge in [0.05, 0.1) is 45.3 Å². The molecule has 0 amide bonds. The molecule has 0 spiro atoms. The fourth-order valence-corrected chi connectivity index (χ4v) is 10.5. The van der Waals surface area contributed by atoms with Crippen LogP contribution in [0.3, 0.4) is 0 Å². The van der Waals surface area contributed by atoms with Gasteiger partial charge in [0.1, 0.15) is 0 Å². The van der Waals surface area contributed by atoms with Crippen LogP contribution in [0.4, 0.5) is 0 Å². The molecule has 0 saturated heterocycles. The second kappa shape index (κ2) is 15.5. The van der Waals surface area contributed by atoms with E-state index in [1.807, 2.05) is 73.3 Å². The zero-order chi connectivity index (χ0) is 45.3. The van der Waals surface area contributed by atoms with E-state index in [2.05, 4.69) is 177 Å². The molecule has 314 valence electrons. The molecule has 13 rings (SSSR count). The summed E-state index contributed by atoms with van der Waals surface area (Å²) < 4.78 is 4.56. The molecular formula is C62H36N6. The first-order valence-corrected chi connectivity index (χ1v) is 22.6. The van der Waals surface area contributed by atoms with E-state index < -0.39 is 0 Å². The minimum absolute atomic E-state index is 0.630. The summed E-state index contributed by atoms with van der Waals surface area (Å²) in [5.74, 6) is 0. The molecule has 4 aromatic heterocycles. The molecule has 0 aliphatic carbocycles. The first-order chi connectivity index (χ1) is 33.6.